The van der Waals surface area contributed by atoms with Gasteiger partial charge in [-0.15, -0.1) is 0 Å². The van der Waals surface area contributed by atoms with Crippen molar-refractivity contribution in [2.75, 3.05) is 6.61 Å². The van der Waals surface area contributed by atoms with E-state index < -0.39 is 11.6 Å². The summed E-state index contributed by atoms with van der Waals surface area (Å²) in [5.74, 6) is -1.32. The van der Waals surface area contributed by atoms with Crippen LogP contribution in [0.3, 0.4) is 0 Å². The summed E-state index contributed by atoms with van der Waals surface area (Å²) in [7, 11) is 0. The molecule has 1 aliphatic rings. The Balaban J connectivity index is 1.92. The fraction of sp³-hybridized carbons (Fsp3) is 0.417. The lowest BCUT2D eigenvalue weighted by molar-refractivity contribution is 0.182. The Kier molecular flexibility index (Phi) is 3.64. The van der Waals surface area contributed by atoms with Crippen molar-refractivity contribution in [3.8, 4) is 5.75 Å². The van der Waals surface area contributed by atoms with E-state index in [1.807, 2.05) is 0 Å². The SMILES string of the molecule is C[C@H](C[C@H]1COC(N)=N1)Oc1ccc(F)cc1F. The predicted octanol–water partition coefficient (Wildman–Crippen LogP) is 1.84. The van der Waals surface area contributed by atoms with E-state index in [-0.39, 0.29) is 23.9 Å². The van der Waals surface area contributed by atoms with Gasteiger partial charge in [0.25, 0.3) is 6.02 Å². The second-order valence-corrected chi connectivity index (χ2v) is 4.17. The van der Waals surface area contributed by atoms with Crippen LogP contribution in [0.1, 0.15) is 13.3 Å². The standard InChI is InChI=1S/C12H14F2N2O2/c1-7(4-9-6-17-12(15)16-9)18-11-3-2-8(13)5-10(11)14/h2-3,5,7,9H,4,6H2,1H3,(H2,15,16)/t7-,9+/m1/s1. The zero-order valence-electron chi connectivity index (χ0n) is 9.90. The van der Waals surface area contributed by atoms with Gasteiger partial charge in [-0.05, 0) is 19.1 Å². The molecule has 2 atom stereocenters. The molecule has 4 nitrogen and oxygen atoms in total. The fourth-order valence-corrected chi connectivity index (χ4v) is 1.78. The normalized spacial score (nSPS) is 20.2. The van der Waals surface area contributed by atoms with Gasteiger partial charge in [-0.1, -0.05) is 0 Å². The first-order valence-corrected chi connectivity index (χ1v) is 5.62. The van der Waals surface area contributed by atoms with E-state index in [2.05, 4.69) is 4.99 Å². The number of hydrogen-bond donors (Lipinski definition) is 1. The minimum Gasteiger partial charge on any atom is -0.488 e. The van der Waals surface area contributed by atoms with Gasteiger partial charge < -0.3 is 15.2 Å². The van der Waals surface area contributed by atoms with Crippen molar-refractivity contribution in [1.29, 1.82) is 0 Å². The largest absolute Gasteiger partial charge is 0.488 e. The van der Waals surface area contributed by atoms with Crippen LogP contribution < -0.4 is 10.5 Å². The van der Waals surface area contributed by atoms with E-state index in [9.17, 15) is 8.78 Å². The molecule has 0 saturated heterocycles. The molecule has 0 unspecified atom stereocenters. The van der Waals surface area contributed by atoms with Gasteiger partial charge in [-0.25, -0.2) is 13.8 Å². The van der Waals surface area contributed by atoms with Gasteiger partial charge in [-0.3, -0.25) is 0 Å². The molecule has 98 valence electrons. The second kappa shape index (κ2) is 5.20. The molecule has 0 radical (unpaired) electrons. The Morgan fingerprint density at radius 2 is 2.33 bits per heavy atom. The average molecular weight is 256 g/mol. The molecule has 6 heteroatoms. The van der Waals surface area contributed by atoms with E-state index in [4.69, 9.17) is 15.2 Å². The van der Waals surface area contributed by atoms with Crippen molar-refractivity contribution < 1.29 is 18.3 Å². The summed E-state index contributed by atoms with van der Waals surface area (Å²) in [6.07, 6.45) is 0.283. The Morgan fingerprint density at radius 1 is 1.56 bits per heavy atom. The molecule has 0 fully saturated rings. The molecule has 1 heterocycles. The summed E-state index contributed by atoms with van der Waals surface area (Å²) in [6.45, 7) is 2.19. The van der Waals surface area contributed by atoms with Crippen molar-refractivity contribution >= 4 is 6.02 Å². The Labute approximate surface area is 103 Å². The number of amidine groups is 1. The van der Waals surface area contributed by atoms with Gasteiger partial charge in [0, 0.05) is 12.5 Å². The van der Waals surface area contributed by atoms with Gasteiger partial charge in [0.05, 0.1) is 12.1 Å². The molecule has 2 N–H and O–H groups in total. The number of rotatable bonds is 4. The van der Waals surface area contributed by atoms with E-state index in [0.717, 1.165) is 12.1 Å². The van der Waals surface area contributed by atoms with Crippen molar-refractivity contribution in [2.24, 2.45) is 10.7 Å². The molecule has 0 aliphatic carbocycles. The van der Waals surface area contributed by atoms with Crippen molar-refractivity contribution in [1.82, 2.24) is 0 Å². The lowest BCUT2D eigenvalue weighted by atomic mass is 10.1. The van der Waals surface area contributed by atoms with Crippen LogP contribution in [-0.4, -0.2) is 24.8 Å². The summed E-state index contributed by atoms with van der Waals surface area (Å²) in [5.41, 5.74) is 5.38. The molecule has 0 bridgehead atoms. The first-order valence-electron chi connectivity index (χ1n) is 5.62. The van der Waals surface area contributed by atoms with Crippen molar-refractivity contribution in [3.05, 3.63) is 29.8 Å². The fourth-order valence-electron chi connectivity index (χ4n) is 1.78. The lowest BCUT2D eigenvalue weighted by Gasteiger charge is -2.16. The summed E-state index contributed by atoms with van der Waals surface area (Å²) >= 11 is 0. The minimum atomic E-state index is -0.715. The number of aliphatic imine (C=N–C) groups is 1. The minimum absolute atomic E-state index is 0.0276. The number of nitrogens with two attached hydrogens (primary N) is 1. The number of halogens is 2. The van der Waals surface area contributed by atoms with Gasteiger partial charge in [-0.2, -0.15) is 0 Å². The molecule has 1 aromatic rings. The number of benzene rings is 1. The lowest BCUT2D eigenvalue weighted by Crippen LogP contribution is -2.20. The van der Waals surface area contributed by atoms with E-state index in [1.54, 1.807) is 6.92 Å². The maximum atomic E-state index is 13.3. The van der Waals surface area contributed by atoms with E-state index >= 15 is 0 Å². The molecular formula is C12H14F2N2O2. The zero-order valence-corrected chi connectivity index (χ0v) is 9.90. The first kappa shape index (κ1) is 12.6. The quantitative estimate of drug-likeness (QED) is 0.894. The molecule has 18 heavy (non-hydrogen) atoms. The van der Waals surface area contributed by atoms with Gasteiger partial charge in [0.1, 0.15) is 12.4 Å². The van der Waals surface area contributed by atoms with Crippen LogP contribution in [0.15, 0.2) is 23.2 Å². The average Bonchev–Trinajstić information content (AvgIpc) is 2.68. The third-order valence-electron chi connectivity index (χ3n) is 2.56. The smallest absolute Gasteiger partial charge is 0.282 e. The van der Waals surface area contributed by atoms with E-state index in [0.29, 0.717) is 13.0 Å². The molecule has 0 saturated carbocycles. The van der Waals surface area contributed by atoms with Crippen LogP contribution in [0.5, 0.6) is 5.75 Å². The molecule has 2 rings (SSSR count). The Morgan fingerprint density at radius 3 is 2.94 bits per heavy atom. The highest BCUT2D eigenvalue weighted by molar-refractivity contribution is 5.73. The van der Waals surface area contributed by atoms with Crippen LogP contribution in [-0.2, 0) is 4.74 Å². The van der Waals surface area contributed by atoms with Crippen molar-refractivity contribution in [2.45, 2.75) is 25.5 Å². The molecule has 0 aromatic heterocycles. The maximum Gasteiger partial charge on any atom is 0.282 e. The van der Waals surface area contributed by atoms with Crippen LogP contribution in [0.25, 0.3) is 0 Å². The molecular weight excluding hydrogens is 242 g/mol. The highest BCUT2D eigenvalue weighted by Crippen LogP contribution is 2.21. The maximum absolute atomic E-state index is 13.3. The summed E-state index contributed by atoms with van der Waals surface area (Å²) in [4.78, 5) is 4.05. The highest BCUT2D eigenvalue weighted by atomic mass is 19.1. The van der Waals surface area contributed by atoms with Crippen LogP contribution in [0, 0.1) is 11.6 Å². The number of hydrogen-bond acceptors (Lipinski definition) is 4. The van der Waals surface area contributed by atoms with Crippen LogP contribution in [0.2, 0.25) is 0 Å². The van der Waals surface area contributed by atoms with Gasteiger partial charge >= 0.3 is 0 Å². The van der Waals surface area contributed by atoms with Crippen molar-refractivity contribution in [3.63, 3.8) is 0 Å². The third kappa shape index (κ3) is 3.09. The third-order valence-corrected chi connectivity index (χ3v) is 2.56. The number of ether oxygens (including phenoxy) is 2. The summed E-state index contributed by atoms with van der Waals surface area (Å²) in [6, 6.07) is 3.30. The first-order chi connectivity index (χ1) is 8.54. The number of nitrogens with zero attached hydrogens (tertiary/aromatic N) is 1. The Bertz CT molecular complexity index is 465. The van der Waals surface area contributed by atoms with Crippen LogP contribution >= 0.6 is 0 Å². The van der Waals surface area contributed by atoms with E-state index in [1.165, 1.54) is 6.07 Å². The molecule has 0 spiro atoms. The second-order valence-electron chi connectivity index (χ2n) is 4.17. The topological polar surface area (TPSA) is 56.8 Å². The van der Waals surface area contributed by atoms with Gasteiger partial charge in [0.2, 0.25) is 0 Å². The predicted molar refractivity (Wildman–Crippen MR) is 62.4 cm³/mol. The highest BCUT2D eigenvalue weighted by Gasteiger charge is 2.20. The zero-order chi connectivity index (χ0) is 13.1. The summed E-state index contributed by atoms with van der Waals surface area (Å²) < 4.78 is 36.5. The monoisotopic (exact) mass is 256 g/mol. The van der Waals surface area contributed by atoms with Crippen LogP contribution in [0.4, 0.5) is 8.78 Å². The molecule has 1 aliphatic heterocycles. The Hall–Kier alpha value is -1.85. The molecule has 0 amide bonds. The summed E-state index contributed by atoms with van der Waals surface area (Å²) in [5, 5.41) is 0. The molecule has 1 aromatic carbocycles. The van der Waals surface area contributed by atoms with Gasteiger partial charge in [0.15, 0.2) is 11.6 Å².